The molecule has 1 saturated heterocycles. The van der Waals surface area contributed by atoms with Crippen LogP contribution in [0.25, 0.3) is 5.76 Å². The van der Waals surface area contributed by atoms with Gasteiger partial charge in [-0.2, -0.15) is 0 Å². The first kappa shape index (κ1) is 17.9. The highest BCUT2D eigenvalue weighted by Crippen LogP contribution is 2.40. The van der Waals surface area contributed by atoms with Gasteiger partial charge in [-0.3, -0.25) is 9.59 Å². The molecule has 2 aromatic rings. The van der Waals surface area contributed by atoms with Crippen LogP contribution in [0, 0.1) is 11.7 Å². The Balaban J connectivity index is 2.22. The molecule has 26 heavy (non-hydrogen) atoms. The van der Waals surface area contributed by atoms with Gasteiger partial charge in [0.15, 0.2) is 0 Å². The molecule has 1 amide bonds. The van der Waals surface area contributed by atoms with E-state index in [0.717, 1.165) is 0 Å². The Bertz CT molecular complexity index is 874. The van der Waals surface area contributed by atoms with E-state index in [-0.39, 0.29) is 29.4 Å². The summed E-state index contributed by atoms with van der Waals surface area (Å²) in [6.07, 6.45) is 0. The van der Waals surface area contributed by atoms with Gasteiger partial charge in [0.2, 0.25) is 0 Å². The van der Waals surface area contributed by atoms with Crippen LogP contribution in [0.3, 0.4) is 0 Å². The molecule has 134 valence electrons. The summed E-state index contributed by atoms with van der Waals surface area (Å²) < 4.78 is 14.5. The zero-order chi connectivity index (χ0) is 18.8. The molecule has 1 unspecified atom stereocenters. The standard InChI is InChI=1S/C21H20FNO3/c1-13(2)12-23-18(15-10-6-7-11-16(15)22)17(20(25)21(23)26)19(24)14-8-4-3-5-9-14/h3-11,13,18,24H,12H2,1-2H3/b19-17-. The summed E-state index contributed by atoms with van der Waals surface area (Å²) in [5.74, 6) is -2.24. The number of aliphatic hydroxyl groups is 1. The van der Waals surface area contributed by atoms with Gasteiger partial charge in [0.25, 0.3) is 11.7 Å². The number of likely N-dealkylation sites (tertiary alicyclic amines) is 1. The molecule has 1 aliphatic rings. The lowest BCUT2D eigenvalue weighted by Crippen LogP contribution is -2.33. The zero-order valence-electron chi connectivity index (χ0n) is 14.6. The van der Waals surface area contributed by atoms with Crippen LogP contribution >= 0.6 is 0 Å². The number of carbonyl (C=O) groups excluding carboxylic acids is 2. The number of Topliss-reactive ketones (excluding diaryl/α,β-unsaturated/α-hetero) is 1. The SMILES string of the molecule is CC(C)CN1C(=O)C(=O)/C(=C(\O)c2ccccc2)C1c1ccccc1F. The number of carbonyl (C=O) groups is 2. The number of amides is 1. The van der Waals surface area contributed by atoms with Crippen molar-refractivity contribution >= 4 is 17.4 Å². The van der Waals surface area contributed by atoms with Gasteiger partial charge in [0, 0.05) is 17.7 Å². The molecule has 1 N–H and O–H groups in total. The molecule has 5 heteroatoms. The fourth-order valence-corrected chi connectivity index (χ4v) is 3.23. The number of benzene rings is 2. The van der Waals surface area contributed by atoms with Crippen LogP contribution in [-0.4, -0.2) is 28.2 Å². The first-order valence-electron chi connectivity index (χ1n) is 8.50. The quantitative estimate of drug-likeness (QED) is 0.515. The Hall–Kier alpha value is -2.95. The Kier molecular flexibility index (Phi) is 4.89. The van der Waals surface area contributed by atoms with Crippen LogP contribution in [0.2, 0.25) is 0 Å². The van der Waals surface area contributed by atoms with Gasteiger partial charge >= 0.3 is 0 Å². The summed E-state index contributed by atoms with van der Waals surface area (Å²) in [6.45, 7) is 4.11. The Morgan fingerprint density at radius 1 is 1.08 bits per heavy atom. The molecule has 1 fully saturated rings. The van der Waals surface area contributed by atoms with Gasteiger partial charge in [-0.25, -0.2) is 4.39 Å². The molecule has 0 bridgehead atoms. The van der Waals surface area contributed by atoms with E-state index in [1.807, 2.05) is 13.8 Å². The van der Waals surface area contributed by atoms with Gasteiger partial charge in [-0.15, -0.1) is 0 Å². The normalized spacial score (nSPS) is 19.4. The summed E-state index contributed by atoms with van der Waals surface area (Å²) in [7, 11) is 0. The molecule has 3 rings (SSSR count). The lowest BCUT2D eigenvalue weighted by Gasteiger charge is -2.27. The van der Waals surface area contributed by atoms with Crippen molar-refractivity contribution in [2.24, 2.45) is 5.92 Å². The molecule has 4 nitrogen and oxygen atoms in total. The van der Waals surface area contributed by atoms with E-state index in [0.29, 0.717) is 5.56 Å². The molecule has 0 spiro atoms. The number of hydrogen-bond acceptors (Lipinski definition) is 3. The summed E-state index contributed by atoms with van der Waals surface area (Å²) >= 11 is 0. The fraction of sp³-hybridized carbons (Fsp3) is 0.238. The van der Waals surface area contributed by atoms with E-state index in [1.165, 1.54) is 17.0 Å². The summed E-state index contributed by atoms with van der Waals surface area (Å²) in [4.78, 5) is 26.6. The lowest BCUT2D eigenvalue weighted by atomic mass is 9.94. The van der Waals surface area contributed by atoms with Crippen LogP contribution in [-0.2, 0) is 9.59 Å². The minimum absolute atomic E-state index is 0.0769. The molecule has 0 aliphatic carbocycles. The second kappa shape index (κ2) is 7.12. The fourth-order valence-electron chi connectivity index (χ4n) is 3.23. The largest absolute Gasteiger partial charge is 0.507 e. The number of aliphatic hydroxyl groups excluding tert-OH is 1. The third-order valence-electron chi connectivity index (χ3n) is 4.35. The molecule has 1 atom stereocenters. The molecule has 0 radical (unpaired) electrons. The van der Waals surface area contributed by atoms with Gasteiger partial charge in [-0.1, -0.05) is 62.4 Å². The smallest absolute Gasteiger partial charge is 0.295 e. The predicted octanol–water partition coefficient (Wildman–Crippen LogP) is 3.90. The first-order valence-corrected chi connectivity index (χ1v) is 8.50. The van der Waals surface area contributed by atoms with Gasteiger partial charge in [0.05, 0.1) is 11.6 Å². The summed E-state index contributed by atoms with van der Waals surface area (Å²) in [5, 5.41) is 10.7. The van der Waals surface area contributed by atoms with E-state index in [2.05, 4.69) is 0 Å². The summed E-state index contributed by atoms with van der Waals surface area (Å²) in [5.41, 5.74) is 0.535. The highest BCUT2D eigenvalue weighted by Gasteiger charge is 2.46. The monoisotopic (exact) mass is 353 g/mol. The van der Waals surface area contributed by atoms with Gasteiger partial charge in [0.1, 0.15) is 11.6 Å². The van der Waals surface area contributed by atoms with Crippen molar-refractivity contribution in [3.05, 3.63) is 77.1 Å². The van der Waals surface area contributed by atoms with Crippen LogP contribution in [0.1, 0.15) is 31.0 Å². The maximum absolute atomic E-state index is 14.5. The highest BCUT2D eigenvalue weighted by atomic mass is 19.1. The number of halogens is 1. The van der Waals surface area contributed by atoms with Crippen molar-refractivity contribution in [1.29, 1.82) is 0 Å². The molecule has 1 aliphatic heterocycles. The van der Waals surface area contributed by atoms with Crippen LogP contribution < -0.4 is 0 Å². The van der Waals surface area contributed by atoms with Crippen molar-refractivity contribution < 1.29 is 19.1 Å². The van der Waals surface area contributed by atoms with Crippen LogP contribution in [0.5, 0.6) is 0 Å². The Labute approximate surface area is 151 Å². The minimum atomic E-state index is -0.946. The molecular formula is C21H20FNO3. The van der Waals surface area contributed by atoms with E-state index >= 15 is 0 Å². The highest BCUT2D eigenvalue weighted by molar-refractivity contribution is 6.46. The Morgan fingerprint density at radius 3 is 2.31 bits per heavy atom. The number of rotatable bonds is 4. The van der Waals surface area contributed by atoms with E-state index in [1.54, 1.807) is 42.5 Å². The van der Waals surface area contributed by atoms with Crippen molar-refractivity contribution in [2.45, 2.75) is 19.9 Å². The molecule has 1 heterocycles. The van der Waals surface area contributed by atoms with Crippen LogP contribution in [0.4, 0.5) is 4.39 Å². The molecular weight excluding hydrogens is 333 g/mol. The van der Waals surface area contributed by atoms with Gasteiger partial charge < -0.3 is 10.0 Å². The third kappa shape index (κ3) is 3.12. The average molecular weight is 353 g/mol. The van der Waals surface area contributed by atoms with E-state index in [9.17, 15) is 19.1 Å². The lowest BCUT2D eigenvalue weighted by molar-refractivity contribution is -0.140. The topological polar surface area (TPSA) is 57.6 Å². The first-order chi connectivity index (χ1) is 12.4. The maximum atomic E-state index is 14.5. The van der Waals surface area contributed by atoms with Crippen molar-refractivity contribution in [1.82, 2.24) is 4.90 Å². The second-order valence-corrected chi connectivity index (χ2v) is 6.73. The van der Waals surface area contributed by atoms with E-state index in [4.69, 9.17) is 0 Å². The van der Waals surface area contributed by atoms with Gasteiger partial charge in [-0.05, 0) is 12.0 Å². The van der Waals surface area contributed by atoms with Crippen molar-refractivity contribution in [3.8, 4) is 0 Å². The number of ketones is 1. The molecule has 0 saturated carbocycles. The maximum Gasteiger partial charge on any atom is 0.295 e. The van der Waals surface area contributed by atoms with E-state index < -0.39 is 23.5 Å². The second-order valence-electron chi connectivity index (χ2n) is 6.73. The predicted molar refractivity (Wildman–Crippen MR) is 96.7 cm³/mol. The third-order valence-corrected chi connectivity index (χ3v) is 4.35. The number of hydrogen-bond donors (Lipinski definition) is 1. The van der Waals surface area contributed by atoms with Crippen molar-refractivity contribution in [3.63, 3.8) is 0 Å². The molecule has 2 aromatic carbocycles. The summed E-state index contributed by atoms with van der Waals surface area (Å²) in [6, 6.07) is 13.6. The molecule has 0 aromatic heterocycles. The minimum Gasteiger partial charge on any atom is -0.507 e. The average Bonchev–Trinajstić information content (AvgIpc) is 2.87. The Morgan fingerprint density at radius 2 is 1.69 bits per heavy atom. The zero-order valence-corrected chi connectivity index (χ0v) is 14.6. The van der Waals surface area contributed by atoms with Crippen LogP contribution in [0.15, 0.2) is 60.2 Å². The number of nitrogens with zero attached hydrogens (tertiary/aromatic N) is 1. The van der Waals surface area contributed by atoms with Crippen molar-refractivity contribution in [2.75, 3.05) is 6.54 Å².